The Labute approximate surface area is 89.5 Å². The van der Waals surface area contributed by atoms with Crippen LogP contribution in [0, 0.1) is 11.8 Å². The summed E-state index contributed by atoms with van der Waals surface area (Å²) in [6.45, 7) is 4.54. The van der Waals surface area contributed by atoms with Gasteiger partial charge in [-0.25, -0.2) is 0 Å². The van der Waals surface area contributed by atoms with Crippen LogP contribution in [0.4, 0.5) is 0 Å². The predicted molar refractivity (Wildman–Crippen MR) is 63.2 cm³/mol. The molecule has 1 unspecified atom stereocenters. The summed E-state index contributed by atoms with van der Waals surface area (Å²) in [5.74, 6) is 1.70. The summed E-state index contributed by atoms with van der Waals surface area (Å²) in [5.41, 5.74) is 6.16. The Hall–Kier alpha value is -0.0400. The highest BCUT2D eigenvalue weighted by Crippen LogP contribution is 2.27. The molecule has 0 radical (unpaired) electrons. The maximum atomic E-state index is 6.16. The molecule has 14 heavy (non-hydrogen) atoms. The minimum atomic E-state index is 0.457. The molecule has 0 aromatic rings. The molecule has 1 nitrogen and oxygen atoms in total. The van der Waals surface area contributed by atoms with E-state index < -0.39 is 0 Å². The van der Waals surface area contributed by atoms with Gasteiger partial charge in [-0.3, -0.25) is 0 Å². The van der Waals surface area contributed by atoms with Crippen LogP contribution in [0.15, 0.2) is 0 Å². The molecular weight excluding hydrogens is 170 g/mol. The van der Waals surface area contributed by atoms with E-state index in [-0.39, 0.29) is 0 Å². The summed E-state index contributed by atoms with van der Waals surface area (Å²) in [4.78, 5) is 0. The lowest BCUT2D eigenvalue weighted by Crippen LogP contribution is -2.25. The molecule has 84 valence electrons. The Morgan fingerprint density at radius 1 is 1.07 bits per heavy atom. The molecule has 0 bridgehead atoms. The maximum Gasteiger partial charge on any atom is 0.00439 e. The van der Waals surface area contributed by atoms with Crippen molar-refractivity contribution in [3.05, 3.63) is 0 Å². The van der Waals surface area contributed by atoms with E-state index in [9.17, 15) is 0 Å². The van der Waals surface area contributed by atoms with Crippen molar-refractivity contribution in [2.75, 3.05) is 0 Å². The first-order valence-electron chi connectivity index (χ1n) is 6.44. The van der Waals surface area contributed by atoms with Crippen molar-refractivity contribution in [3.63, 3.8) is 0 Å². The van der Waals surface area contributed by atoms with Gasteiger partial charge < -0.3 is 5.73 Å². The monoisotopic (exact) mass is 197 g/mol. The molecule has 0 aromatic heterocycles. The van der Waals surface area contributed by atoms with Gasteiger partial charge in [-0.05, 0) is 24.7 Å². The molecule has 0 spiro atoms. The Balaban J connectivity index is 2.20. The average Bonchev–Trinajstić information content (AvgIpc) is 2.31. The minimum absolute atomic E-state index is 0.457. The van der Waals surface area contributed by atoms with E-state index in [1.807, 2.05) is 0 Å². The van der Waals surface area contributed by atoms with Crippen LogP contribution in [0.5, 0.6) is 0 Å². The van der Waals surface area contributed by atoms with Gasteiger partial charge in [-0.15, -0.1) is 0 Å². The van der Waals surface area contributed by atoms with Gasteiger partial charge in [0, 0.05) is 6.04 Å². The molecule has 0 aliphatic heterocycles. The summed E-state index contributed by atoms with van der Waals surface area (Å²) < 4.78 is 0. The van der Waals surface area contributed by atoms with Gasteiger partial charge in [-0.1, -0.05) is 52.4 Å². The Bertz CT molecular complexity index is 134. The molecule has 1 heteroatoms. The fourth-order valence-electron chi connectivity index (χ4n) is 2.73. The zero-order chi connectivity index (χ0) is 10.4. The first-order valence-corrected chi connectivity index (χ1v) is 6.44. The highest BCUT2D eigenvalue weighted by atomic mass is 14.6. The largest absolute Gasteiger partial charge is 0.328 e. The lowest BCUT2D eigenvalue weighted by molar-refractivity contribution is 0.357. The van der Waals surface area contributed by atoms with Crippen molar-refractivity contribution >= 4 is 0 Å². The summed E-state index contributed by atoms with van der Waals surface area (Å²) in [6.07, 6.45) is 11.1. The molecule has 0 aromatic carbocycles. The summed E-state index contributed by atoms with van der Waals surface area (Å²) in [5, 5.41) is 0. The van der Waals surface area contributed by atoms with Crippen LogP contribution < -0.4 is 5.73 Å². The fraction of sp³-hybridized carbons (Fsp3) is 1.00. The first-order chi connectivity index (χ1) is 6.68. The molecule has 2 N–H and O–H groups in total. The molecular formula is C13H27N. The van der Waals surface area contributed by atoms with Crippen molar-refractivity contribution in [3.8, 4) is 0 Å². The van der Waals surface area contributed by atoms with Gasteiger partial charge in [0.05, 0.1) is 0 Å². The second kappa shape index (κ2) is 6.44. The summed E-state index contributed by atoms with van der Waals surface area (Å²) >= 11 is 0. The van der Waals surface area contributed by atoms with Crippen LogP contribution in [0.2, 0.25) is 0 Å². The smallest absolute Gasteiger partial charge is 0.00439 e. The van der Waals surface area contributed by atoms with Gasteiger partial charge in [-0.2, -0.15) is 0 Å². The zero-order valence-corrected chi connectivity index (χ0v) is 9.97. The van der Waals surface area contributed by atoms with Crippen molar-refractivity contribution < 1.29 is 0 Å². The average molecular weight is 197 g/mol. The molecule has 1 atom stereocenters. The second-order valence-electron chi connectivity index (χ2n) is 5.48. The SMILES string of the molecule is CC(C)CC(N)CC1CCCCCC1. The third kappa shape index (κ3) is 4.99. The van der Waals surface area contributed by atoms with Crippen LogP contribution in [0.3, 0.4) is 0 Å². The number of nitrogens with two attached hydrogens (primary N) is 1. The van der Waals surface area contributed by atoms with Gasteiger partial charge in [0.25, 0.3) is 0 Å². The van der Waals surface area contributed by atoms with Crippen LogP contribution in [-0.4, -0.2) is 6.04 Å². The number of hydrogen-bond acceptors (Lipinski definition) is 1. The van der Waals surface area contributed by atoms with Crippen molar-refractivity contribution in [1.29, 1.82) is 0 Å². The van der Waals surface area contributed by atoms with E-state index in [0.29, 0.717) is 6.04 Å². The normalized spacial score (nSPS) is 22.3. The zero-order valence-electron chi connectivity index (χ0n) is 9.97. The van der Waals surface area contributed by atoms with Crippen LogP contribution >= 0.6 is 0 Å². The lowest BCUT2D eigenvalue weighted by atomic mass is 9.89. The summed E-state index contributed by atoms with van der Waals surface area (Å²) in [7, 11) is 0. The quantitative estimate of drug-likeness (QED) is 0.683. The van der Waals surface area contributed by atoms with Gasteiger partial charge in [0.2, 0.25) is 0 Å². The van der Waals surface area contributed by atoms with Gasteiger partial charge in [0.15, 0.2) is 0 Å². The minimum Gasteiger partial charge on any atom is -0.328 e. The second-order valence-corrected chi connectivity index (χ2v) is 5.48. The van der Waals surface area contributed by atoms with Gasteiger partial charge in [0.1, 0.15) is 0 Å². The third-order valence-corrected chi connectivity index (χ3v) is 3.38. The molecule has 1 aliphatic rings. The van der Waals surface area contributed by atoms with Gasteiger partial charge >= 0.3 is 0 Å². The molecule has 1 aliphatic carbocycles. The Morgan fingerprint density at radius 2 is 1.64 bits per heavy atom. The molecule has 1 fully saturated rings. The molecule has 0 amide bonds. The summed E-state index contributed by atoms with van der Waals surface area (Å²) in [6, 6.07) is 0.457. The molecule has 0 saturated heterocycles. The number of hydrogen-bond donors (Lipinski definition) is 1. The molecule has 0 heterocycles. The van der Waals surface area contributed by atoms with Crippen molar-refractivity contribution in [2.45, 2.75) is 71.3 Å². The van der Waals surface area contributed by atoms with Crippen LogP contribution in [0.25, 0.3) is 0 Å². The third-order valence-electron chi connectivity index (χ3n) is 3.38. The van der Waals surface area contributed by atoms with Crippen LogP contribution in [0.1, 0.15) is 65.2 Å². The van der Waals surface area contributed by atoms with E-state index in [1.54, 1.807) is 0 Å². The maximum absolute atomic E-state index is 6.16. The molecule has 1 saturated carbocycles. The number of rotatable bonds is 4. The van der Waals surface area contributed by atoms with E-state index in [4.69, 9.17) is 5.73 Å². The Morgan fingerprint density at radius 3 is 2.14 bits per heavy atom. The molecule has 1 rings (SSSR count). The van der Waals surface area contributed by atoms with E-state index in [0.717, 1.165) is 11.8 Å². The Kier molecular flexibility index (Phi) is 5.54. The van der Waals surface area contributed by atoms with Crippen molar-refractivity contribution in [1.82, 2.24) is 0 Å². The lowest BCUT2D eigenvalue weighted by Gasteiger charge is -2.20. The van der Waals surface area contributed by atoms with E-state index >= 15 is 0 Å². The van der Waals surface area contributed by atoms with E-state index in [1.165, 1.54) is 51.4 Å². The standard InChI is InChI=1S/C13H27N/c1-11(2)9-13(14)10-12-7-5-3-4-6-8-12/h11-13H,3-10,14H2,1-2H3. The fourth-order valence-corrected chi connectivity index (χ4v) is 2.73. The van der Waals surface area contributed by atoms with Crippen LogP contribution in [-0.2, 0) is 0 Å². The highest BCUT2D eigenvalue weighted by Gasteiger charge is 2.16. The predicted octanol–water partition coefficient (Wildman–Crippen LogP) is 3.72. The van der Waals surface area contributed by atoms with Crippen molar-refractivity contribution in [2.24, 2.45) is 17.6 Å². The van der Waals surface area contributed by atoms with E-state index in [2.05, 4.69) is 13.8 Å². The topological polar surface area (TPSA) is 26.0 Å². The first kappa shape index (κ1) is 12.0. The highest BCUT2D eigenvalue weighted by molar-refractivity contribution is 4.72.